The van der Waals surface area contributed by atoms with Crippen LogP contribution < -0.4 is 10.1 Å². The van der Waals surface area contributed by atoms with Crippen molar-refractivity contribution >= 4 is 11.8 Å². The molecular weight excluding hydrogens is 292 g/mol. The molecule has 2 atom stereocenters. The molecule has 0 unspecified atom stereocenters. The zero-order valence-corrected chi connectivity index (χ0v) is 14.0. The minimum atomic E-state index is -0.374. The molecule has 1 saturated heterocycles. The minimum Gasteiger partial charge on any atom is -0.490 e. The number of fused-ring (bicyclic) bond motifs is 1. The number of amides is 2. The van der Waals surface area contributed by atoms with Crippen LogP contribution in [0.2, 0.25) is 0 Å². The average molecular weight is 316 g/mol. The smallest absolute Gasteiger partial charge is 0.243 e. The average Bonchev–Trinajstić information content (AvgIpc) is 3.12. The van der Waals surface area contributed by atoms with Crippen molar-refractivity contribution in [1.82, 2.24) is 10.2 Å². The van der Waals surface area contributed by atoms with E-state index in [1.807, 2.05) is 19.9 Å². The zero-order chi connectivity index (χ0) is 16.6. The van der Waals surface area contributed by atoms with Crippen molar-refractivity contribution in [2.45, 2.75) is 52.1 Å². The van der Waals surface area contributed by atoms with Crippen molar-refractivity contribution in [2.24, 2.45) is 0 Å². The molecular formula is C18H24N2O3. The van der Waals surface area contributed by atoms with E-state index in [9.17, 15) is 9.59 Å². The molecule has 0 bridgehead atoms. The molecule has 2 heterocycles. The van der Waals surface area contributed by atoms with E-state index in [4.69, 9.17) is 4.74 Å². The summed E-state index contributed by atoms with van der Waals surface area (Å²) in [6, 6.07) is 3.57. The molecule has 2 aliphatic rings. The Kier molecular flexibility index (Phi) is 4.28. The van der Waals surface area contributed by atoms with E-state index < -0.39 is 0 Å². The van der Waals surface area contributed by atoms with Gasteiger partial charge in [-0.2, -0.15) is 0 Å². The second-order valence-corrected chi connectivity index (χ2v) is 6.41. The highest BCUT2D eigenvalue weighted by Gasteiger charge is 2.34. The standard InChI is InChI=1S/C18H24N2O3/c1-4-15(20-9-5-6-16(20)21)18(22)19-14-10-23-17-12(3)11(2)7-8-13(14)17/h7-8,14-15H,4-6,9-10H2,1-3H3,(H,19,22)/t14-,15+/m0/s1. The van der Waals surface area contributed by atoms with Crippen LogP contribution >= 0.6 is 0 Å². The van der Waals surface area contributed by atoms with Crippen LogP contribution in [0.5, 0.6) is 5.75 Å². The lowest BCUT2D eigenvalue weighted by Gasteiger charge is -2.27. The number of benzene rings is 1. The van der Waals surface area contributed by atoms with Gasteiger partial charge >= 0.3 is 0 Å². The van der Waals surface area contributed by atoms with Crippen LogP contribution in [-0.4, -0.2) is 35.9 Å². The molecule has 1 N–H and O–H groups in total. The van der Waals surface area contributed by atoms with Crippen LogP contribution in [0.15, 0.2) is 12.1 Å². The summed E-state index contributed by atoms with van der Waals surface area (Å²) in [7, 11) is 0. The lowest BCUT2D eigenvalue weighted by Crippen LogP contribution is -2.48. The molecule has 3 rings (SSSR count). The summed E-state index contributed by atoms with van der Waals surface area (Å²) in [4.78, 5) is 26.3. The van der Waals surface area contributed by atoms with Crippen LogP contribution in [0.1, 0.15) is 48.9 Å². The highest BCUT2D eigenvalue weighted by molar-refractivity contribution is 5.88. The second kappa shape index (κ2) is 6.22. The maximum absolute atomic E-state index is 12.7. The summed E-state index contributed by atoms with van der Waals surface area (Å²) in [5.74, 6) is 0.893. The van der Waals surface area contributed by atoms with E-state index in [0.717, 1.165) is 23.3 Å². The number of aryl methyl sites for hydroxylation is 1. The fourth-order valence-corrected chi connectivity index (χ4v) is 3.47. The number of nitrogens with one attached hydrogen (secondary N) is 1. The molecule has 0 saturated carbocycles. The third-order valence-electron chi connectivity index (χ3n) is 4.97. The number of likely N-dealkylation sites (tertiary alicyclic amines) is 1. The third-order valence-corrected chi connectivity index (χ3v) is 4.97. The Bertz CT molecular complexity index is 641. The number of ether oxygens (including phenoxy) is 1. The Balaban J connectivity index is 1.74. The lowest BCUT2D eigenvalue weighted by atomic mass is 10.0. The van der Waals surface area contributed by atoms with E-state index in [-0.39, 0.29) is 23.9 Å². The Labute approximate surface area is 137 Å². The van der Waals surface area contributed by atoms with Crippen molar-refractivity contribution in [1.29, 1.82) is 0 Å². The van der Waals surface area contributed by atoms with Gasteiger partial charge in [0.25, 0.3) is 0 Å². The van der Waals surface area contributed by atoms with Gasteiger partial charge in [-0.1, -0.05) is 19.1 Å². The van der Waals surface area contributed by atoms with Crippen LogP contribution in [0, 0.1) is 13.8 Å². The summed E-state index contributed by atoms with van der Waals surface area (Å²) in [5.41, 5.74) is 3.34. The number of carbonyl (C=O) groups is 2. The fraction of sp³-hybridized carbons (Fsp3) is 0.556. The molecule has 0 aliphatic carbocycles. The van der Waals surface area contributed by atoms with Gasteiger partial charge in [0.05, 0.1) is 6.04 Å². The van der Waals surface area contributed by atoms with Crippen molar-refractivity contribution in [3.63, 3.8) is 0 Å². The molecule has 0 aromatic heterocycles. The molecule has 1 aromatic rings. The minimum absolute atomic E-state index is 0.0811. The zero-order valence-electron chi connectivity index (χ0n) is 14.0. The summed E-state index contributed by atoms with van der Waals surface area (Å²) in [6.07, 6.45) is 2.03. The molecule has 0 radical (unpaired) electrons. The molecule has 1 fully saturated rings. The molecule has 124 valence electrons. The Hall–Kier alpha value is -2.04. The van der Waals surface area contributed by atoms with E-state index in [1.165, 1.54) is 5.56 Å². The predicted octanol–water partition coefficient (Wildman–Crippen LogP) is 2.25. The van der Waals surface area contributed by atoms with E-state index >= 15 is 0 Å². The van der Waals surface area contributed by atoms with Gasteiger partial charge in [0.15, 0.2) is 0 Å². The number of hydrogen-bond donors (Lipinski definition) is 1. The molecule has 2 aliphatic heterocycles. The number of carbonyl (C=O) groups excluding carboxylic acids is 2. The monoisotopic (exact) mass is 316 g/mol. The van der Waals surface area contributed by atoms with Crippen LogP contribution in [-0.2, 0) is 9.59 Å². The SMILES string of the molecule is CC[C@H](C(=O)N[C@H]1COc2c1ccc(C)c2C)N1CCCC1=O. The Morgan fingerprint density at radius 2 is 2.22 bits per heavy atom. The molecule has 2 amide bonds. The first kappa shape index (κ1) is 15.8. The molecule has 5 heteroatoms. The molecule has 0 spiro atoms. The van der Waals surface area contributed by atoms with Gasteiger partial charge < -0.3 is 15.0 Å². The van der Waals surface area contributed by atoms with Gasteiger partial charge in [-0.05, 0) is 37.8 Å². The van der Waals surface area contributed by atoms with Gasteiger partial charge in [0.1, 0.15) is 18.4 Å². The lowest BCUT2D eigenvalue weighted by molar-refractivity contribution is -0.138. The topological polar surface area (TPSA) is 58.6 Å². The van der Waals surface area contributed by atoms with Crippen molar-refractivity contribution in [3.05, 3.63) is 28.8 Å². The summed E-state index contributed by atoms with van der Waals surface area (Å²) >= 11 is 0. The number of rotatable bonds is 4. The number of nitrogens with zero attached hydrogens (tertiary/aromatic N) is 1. The van der Waals surface area contributed by atoms with Gasteiger partial charge in [0, 0.05) is 18.5 Å². The Morgan fingerprint density at radius 3 is 2.87 bits per heavy atom. The van der Waals surface area contributed by atoms with E-state index in [2.05, 4.69) is 18.3 Å². The first-order chi connectivity index (χ1) is 11.0. The van der Waals surface area contributed by atoms with Crippen molar-refractivity contribution in [2.75, 3.05) is 13.2 Å². The van der Waals surface area contributed by atoms with Crippen molar-refractivity contribution in [3.8, 4) is 5.75 Å². The van der Waals surface area contributed by atoms with Gasteiger partial charge in [0.2, 0.25) is 11.8 Å². The van der Waals surface area contributed by atoms with Crippen LogP contribution in [0.25, 0.3) is 0 Å². The first-order valence-electron chi connectivity index (χ1n) is 8.35. The normalized spacial score (nSPS) is 21.1. The maximum atomic E-state index is 12.7. The van der Waals surface area contributed by atoms with Gasteiger partial charge in [-0.3, -0.25) is 9.59 Å². The number of hydrogen-bond acceptors (Lipinski definition) is 3. The largest absolute Gasteiger partial charge is 0.490 e. The van der Waals surface area contributed by atoms with Gasteiger partial charge in [-0.25, -0.2) is 0 Å². The third kappa shape index (κ3) is 2.80. The molecule has 5 nitrogen and oxygen atoms in total. The maximum Gasteiger partial charge on any atom is 0.243 e. The van der Waals surface area contributed by atoms with Gasteiger partial charge in [-0.15, -0.1) is 0 Å². The molecule has 1 aromatic carbocycles. The predicted molar refractivity (Wildman–Crippen MR) is 87.3 cm³/mol. The second-order valence-electron chi connectivity index (χ2n) is 6.41. The first-order valence-corrected chi connectivity index (χ1v) is 8.35. The summed E-state index contributed by atoms with van der Waals surface area (Å²) < 4.78 is 5.79. The quantitative estimate of drug-likeness (QED) is 0.927. The molecule has 23 heavy (non-hydrogen) atoms. The van der Waals surface area contributed by atoms with E-state index in [1.54, 1.807) is 4.90 Å². The van der Waals surface area contributed by atoms with Crippen LogP contribution in [0.4, 0.5) is 0 Å². The Morgan fingerprint density at radius 1 is 1.43 bits per heavy atom. The summed E-state index contributed by atoms with van der Waals surface area (Å²) in [6.45, 7) is 7.17. The fourth-order valence-electron chi connectivity index (χ4n) is 3.47. The summed E-state index contributed by atoms with van der Waals surface area (Å²) in [5, 5.41) is 3.07. The highest BCUT2D eigenvalue weighted by atomic mass is 16.5. The van der Waals surface area contributed by atoms with Crippen LogP contribution in [0.3, 0.4) is 0 Å². The van der Waals surface area contributed by atoms with E-state index in [0.29, 0.717) is 26.0 Å². The highest BCUT2D eigenvalue weighted by Crippen LogP contribution is 2.36. The van der Waals surface area contributed by atoms with Crippen molar-refractivity contribution < 1.29 is 14.3 Å².